The lowest BCUT2D eigenvalue weighted by atomic mass is 10.1. The first-order valence-electron chi connectivity index (χ1n) is 9.40. The minimum atomic E-state index is -0.598. The van der Waals surface area contributed by atoms with Crippen molar-refractivity contribution in [2.75, 3.05) is 36.5 Å². The van der Waals surface area contributed by atoms with Gasteiger partial charge in [-0.3, -0.25) is 4.98 Å². The molecular weight excluding hydrogens is 368 g/mol. The van der Waals surface area contributed by atoms with Gasteiger partial charge in [-0.25, -0.2) is 14.8 Å². The molecule has 1 aromatic carbocycles. The van der Waals surface area contributed by atoms with Crippen LogP contribution in [0.3, 0.4) is 0 Å². The molecule has 1 saturated heterocycles. The zero-order valence-corrected chi connectivity index (χ0v) is 16.1. The highest BCUT2D eigenvalue weighted by atomic mass is 16.5. The number of hydrogen-bond donors (Lipinski definition) is 2. The molecule has 0 aliphatic carbocycles. The second-order valence-corrected chi connectivity index (χ2v) is 6.75. The highest BCUT2D eigenvalue weighted by molar-refractivity contribution is 5.88. The molecule has 2 amide bonds. The predicted octanol–water partition coefficient (Wildman–Crippen LogP) is 2.84. The molecule has 0 radical (unpaired) electrons. The molecule has 1 aliphatic rings. The van der Waals surface area contributed by atoms with Crippen LogP contribution in [0.25, 0.3) is 22.6 Å². The number of ether oxygens (including phenoxy) is 1. The number of carbonyl (C=O) groups is 1. The molecule has 8 nitrogen and oxygen atoms in total. The normalized spacial score (nSPS) is 13.9. The van der Waals surface area contributed by atoms with Crippen molar-refractivity contribution >= 4 is 17.5 Å². The molecule has 1 fully saturated rings. The lowest BCUT2D eigenvalue weighted by Crippen LogP contribution is -2.37. The molecule has 8 heteroatoms. The van der Waals surface area contributed by atoms with Crippen LogP contribution in [0.4, 0.5) is 16.3 Å². The van der Waals surface area contributed by atoms with Gasteiger partial charge in [-0.1, -0.05) is 0 Å². The topological polar surface area (TPSA) is 106 Å². The van der Waals surface area contributed by atoms with Crippen LogP contribution in [-0.2, 0) is 4.74 Å². The fourth-order valence-corrected chi connectivity index (χ4v) is 3.35. The van der Waals surface area contributed by atoms with Crippen LogP contribution in [0.2, 0.25) is 0 Å². The monoisotopic (exact) mass is 390 g/mol. The van der Waals surface area contributed by atoms with Gasteiger partial charge in [-0.2, -0.15) is 0 Å². The first kappa shape index (κ1) is 18.8. The van der Waals surface area contributed by atoms with E-state index >= 15 is 0 Å². The lowest BCUT2D eigenvalue weighted by Gasteiger charge is -2.30. The number of benzene rings is 1. The number of anilines is 2. The van der Waals surface area contributed by atoms with E-state index in [1.54, 1.807) is 24.5 Å². The molecule has 0 saturated carbocycles. The number of morpholine rings is 1. The van der Waals surface area contributed by atoms with Crippen molar-refractivity contribution in [3.05, 3.63) is 54.4 Å². The molecule has 0 spiro atoms. The van der Waals surface area contributed by atoms with E-state index in [0.717, 1.165) is 41.3 Å². The maximum Gasteiger partial charge on any atom is 0.316 e. The van der Waals surface area contributed by atoms with Crippen LogP contribution >= 0.6 is 0 Å². The summed E-state index contributed by atoms with van der Waals surface area (Å²) in [7, 11) is 0. The molecule has 29 heavy (non-hydrogen) atoms. The van der Waals surface area contributed by atoms with Gasteiger partial charge in [0.25, 0.3) is 0 Å². The molecule has 1 aliphatic heterocycles. The second kappa shape index (κ2) is 8.24. The van der Waals surface area contributed by atoms with Crippen LogP contribution in [0, 0.1) is 6.92 Å². The van der Waals surface area contributed by atoms with Gasteiger partial charge in [-0.05, 0) is 43.3 Å². The molecule has 3 N–H and O–H groups in total. The maximum absolute atomic E-state index is 11.0. The number of hydrogen-bond acceptors (Lipinski definition) is 6. The first-order valence-corrected chi connectivity index (χ1v) is 9.40. The maximum atomic E-state index is 11.0. The summed E-state index contributed by atoms with van der Waals surface area (Å²) in [6, 6.07) is 10.6. The van der Waals surface area contributed by atoms with Gasteiger partial charge in [0.2, 0.25) is 0 Å². The first-order chi connectivity index (χ1) is 14.1. The smallest absolute Gasteiger partial charge is 0.316 e. The third-order valence-electron chi connectivity index (χ3n) is 4.80. The van der Waals surface area contributed by atoms with Crippen molar-refractivity contribution in [2.45, 2.75) is 6.92 Å². The zero-order valence-electron chi connectivity index (χ0n) is 16.1. The summed E-state index contributed by atoms with van der Waals surface area (Å²) in [6.45, 7) is 4.97. The Morgan fingerprint density at radius 3 is 2.38 bits per heavy atom. The summed E-state index contributed by atoms with van der Waals surface area (Å²) in [4.78, 5) is 27.1. The van der Waals surface area contributed by atoms with Crippen LogP contribution in [0.1, 0.15) is 5.56 Å². The van der Waals surface area contributed by atoms with E-state index in [0.29, 0.717) is 24.7 Å². The number of primary amides is 1. The number of pyridine rings is 1. The fraction of sp³-hybridized carbons (Fsp3) is 0.238. The fourth-order valence-electron chi connectivity index (χ4n) is 3.35. The summed E-state index contributed by atoms with van der Waals surface area (Å²) in [5.41, 5.74) is 9.54. The molecule has 2 aromatic heterocycles. The Morgan fingerprint density at radius 2 is 1.72 bits per heavy atom. The molecular formula is C21H22N6O2. The Morgan fingerprint density at radius 1 is 1.03 bits per heavy atom. The Balaban J connectivity index is 1.79. The third kappa shape index (κ3) is 4.17. The van der Waals surface area contributed by atoms with Gasteiger partial charge >= 0.3 is 6.03 Å². The van der Waals surface area contributed by atoms with E-state index in [1.165, 1.54) is 0 Å². The quantitative estimate of drug-likeness (QED) is 0.709. The SMILES string of the molecule is Cc1c(-c2ccncc2)nc(-c2ccc(NC(N)=O)cc2)nc1N1CCOCC1. The van der Waals surface area contributed by atoms with Gasteiger partial charge in [-0.15, -0.1) is 0 Å². The van der Waals surface area contributed by atoms with E-state index in [2.05, 4.69) is 15.2 Å². The Bertz CT molecular complexity index is 1000. The van der Waals surface area contributed by atoms with Crippen molar-refractivity contribution < 1.29 is 9.53 Å². The van der Waals surface area contributed by atoms with Crippen molar-refractivity contribution in [2.24, 2.45) is 5.73 Å². The molecule has 0 bridgehead atoms. The minimum Gasteiger partial charge on any atom is -0.378 e. The Hall–Kier alpha value is -3.52. The summed E-state index contributed by atoms with van der Waals surface area (Å²) in [5, 5.41) is 2.56. The van der Waals surface area contributed by atoms with E-state index < -0.39 is 6.03 Å². The Kier molecular flexibility index (Phi) is 5.35. The molecule has 3 aromatic rings. The summed E-state index contributed by atoms with van der Waals surface area (Å²) >= 11 is 0. The van der Waals surface area contributed by atoms with E-state index in [-0.39, 0.29) is 0 Å². The van der Waals surface area contributed by atoms with Crippen molar-refractivity contribution in [3.63, 3.8) is 0 Å². The van der Waals surface area contributed by atoms with Crippen LogP contribution < -0.4 is 16.0 Å². The molecule has 4 rings (SSSR count). The number of carbonyl (C=O) groups excluding carboxylic acids is 1. The second-order valence-electron chi connectivity index (χ2n) is 6.75. The molecule has 148 valence electrons. The van der Waals surface area contributed by atoms with Gasteiger partial charge in [0.15, 0.2) is 5.82 Å². The standard InChI is InChI=1S/C21H22N6O2/c1-14-18(15-6-8-23-9-7-15)25-19(26-20(14)27-10-12-29-13-11-27)16-2-4-17(5-3-16)24-21(22)28/h2-9H,10-13H2,1H3,(H3,22,24,28). The average molecular weight is 390 g/mol. The lowest BCUT2D eigenvalue weighted by molar-refractivity contribution is 0.122. The van der Waals surface area contributed by atoms with E-state index in [4.69, 9.17) is 20.4 Å². The summed E-state index contributed by atoms with van der Waals surface area (Å²) in [5.74, 6) is 1.53. The summed E-state index contributed by atoms with van der Waals surface area (Å²) in [6.07, 6.45) is 3.52. The van der Waals surface area contributed by atoms with Gasteiger partial charge < -0.3 is 20.7 Å². The van der Waals surface area contributed by atoms with Crippen LogP contribution in [-0.4, -0.2) is 47.3 Å². The van der Waals surface area contributed by atoms with Crippen molar-refractivity contribution in [3.8, 4) is 22.6 Å². The zero-order chi connectivity index (χ0) is 20.2. The van der Waals surface area contributed by atoms with E-state index in [1.807, 2.05) is 31.2 Å². The highest BCUT2D eigenvalue weighted by Gasteiger charge is 2.20. The minimum absolute atomic E-state index is 0.598. The number of nitrogens with two attached hydrogens (primary N) is 1. The predicted molar refractivity (Wildman–Crippen MR) is 112 cm³/mol. The molecule has 0 atom stereocenters. The number of nitrogens with zero attached hydrogens (tertiary/aromatic N) is 4. The van der Waals surface area contributed by atoms with Crippen molar-refractivity contribution in [1.29, 1.82) is 0 Å². The molecule has 0 unspecified atom stereocenters. The third-order valence-corrected chi connectivity index (χ3v) is 4.80. The number of amides is 2. The van der Waals surface area contributed by atoms with Gasteiger partial charge in [0.1, 0.15) is 5.82 Å². The number of aromatic nitrogens is 3. The summed E-state index contributed by atoms with van der Waals surface area (Å²) < 4.78 is 5.50. The highest BCUT2D eigenvalue weighted by Crippen LogP contribution is 2.31. The average Bonchev–Trinajstić information content (AvgIpc) is 2.75. The van der Waals surface area contributed by atoms with Gasteiger partial charge in [0.05, 0.1) is 18.9 Å². The molecule has 3 heterocycles. The van der Waals surface area contributed by atoms with Crippen molar-refractivity contribution in [1.82, 2.24) is 15.0 Å². The number of nitrogens with one attached hydrogen (secondary N) is 1. The van der Waals surface area contributed by atoms with E-state index in [9.17, 15) is 4.79 Å². The largest absolute Gasteiger partial charge is 0.378 e. The van der Waals surface area contributed by atoms with Crippen LogP contribution in [0.15, 0.2) is 48.8 Å². The Labute approximate surface area is 168 Å². The number of rotatable bonds is 4. The van der Waals surface area contributed by atoms with Crippen LogP contribution in [0.5, 0.6) is 0 Å². The van der Waals surface area contributed by atoms with Gasteiger partial charge in [0, 0.05) is 47.9 Å². The number of urea groups is 1.